The van der Waals surface area contributed by atoms with Crippen LogP contribution >= 0.6 is 11.3 Å². The van der Waals surface area contributed by atoms with Crippen molar-refractivity contribution in [2.45, 2.75) is 19.9 Å². The molecule has 6 nitrogen and oxygen atoms in total. The number of nitrogens with zero attached hydrogens (tertiary/aromatic N) is 4. The summed E-state index contributed by atoms with van der Waals surface area (Å²) in [5.41, 5.74) is 5.72. The third kappa shape index (κ3) is 3.37. The van der Waals surface area contributed by atoms with Crippen LogP contribution in [0.3, 0.4) is 0 Å². The molecule has 2 amide bonds. The van der Waals surface area contributed by atoms with E-state index in [1.807, 2.05) is 28.6 Å². The van der Waals surface area contributed by atoms with Crippen molar-refractivity contribution in [3.8, 4) is 0 Å². The van der Waals surface area contributed by atoms with Gasteiger partial charge in [0.05, 0.1) is 11.2 Å². The first kappa shape index (κ1) is 17.2. The van der Waals surface area contributed by atoms with E-state index in [1.54, 1.807) is 23.2 Å². The second-order valence-corrected chi connectivity index (χ2v) is 7.53. The lowest BCUT2D eigenvalue weighted by atomic mass is 10.1. The van der Waals surface area contributed by atoms with Crippen LogP contribution < -0.4 is 4.90 Å². The molecule has 1 aromatic carbocycles. The number of rotatable bonds is 3. The molecular weight excluding hydrogens is 348 g/mol. The van der Waals surface area contributed by atoms with Crippen molar-refractivity contribution in [3.63, 3.8) is 0 Å². The van der Waals surface area contributed by atoms with Crippen LogP contribution in [0, 0.1) is 0 Å². The number of thiazole rings is 1. The zero-order valence-corrected chi connectivity index (χ0v) is 15.7. The maximum atomic E-state index is 12.9. The van der Waals surface area contributed by atoms with E-state index in [-0.39, 0.29) is 11.8 Å². The molecule has 4 rings (SSSR count). The Morgan fingerprint density at radius 2 is 1.96 bits per heavy atom. The van der Waals surface area contributed by atoms with Crippen molar-refractivity contribution < 1.29 is 9.59 Å². The fourth-order valence-electron chi connectivity index (χ4n) is 3.70. The van der Waals surface area contributed by atoms with Gasteiger partial charge in [0, 0.05) is 62.8 Å². The van der Waals surface area contributed by atoms with E-state index >= 15 is 0 Å². The van der Waals surface area contributed by atoms with Gasteiger partial charge in [0.1, 0.15) is 0 Å². The minimum Gasteiger partial charge on any atom is -0.336 e. The number of hydrogen-bond donors (Lipinski definition) is 0. The van der Waals surface area contributed by atoms with E-state index in [0.29, 0.717) is 6.54 Å². The Balaban J connectivity index is 1.39. The first-order valence-corrected chi connectivity index (χ1v) is 9.86. The molecule has 1 aromatic heterocycles. The smallest absolute Gasteiger partial charge is 0.253 e. The van der Waals surface area contributed by atoms with Crippen molar-refractivity contribution in [3.05, 3.63) is 45.9 Å². The maximum absolute atomic E-state index is 12.9. The van der Waals surface area contributed by atoms with Gasteiger partial charge in [-0.1, -0.05) is 0 Å². The Morgan fingerprint density at radius 3 is 2.65 bits per heavy atom. The van der Waals surface area contributed by atoms with Crippen LogP contribution in [0.4, 0.5) is 5.69 Å². The van der Waals surface area contributed by atoms with E-state index in [9.17, 15) is 9.59 Å². The van der Waals surface area contributed by atoms with Gasteiger partial charge in [-0.05, 0) is 30.2 Å². The van der Waals surface area contributed by atoms with Crippen molar-refractivity contribution in [2.24, 2.45) is 0 Å². The number of anilines is 1. The van der Waals surface area contributed by atoms with Crippen molar-refractivity contribution in [2.75, 3.05) is 37.6 Å². The third-order valence-corrected chi connectivity index (χ3v) is 5.77. The van der Waals surface area contributed by atoms with Gasteiger partial charge in [-0.15, -0.1) is 11.3 Å². The summed E-state index contributed by atoms with van der Waals surface area (Å²) >= 11 is 1.62. The molecule has 2 aliphatic heterocycles. The molecule has 0 aliphatic carbocycles. The van der Waals surface area contributed by atoms with E-state index < -0.39 is 0 Å². The van der Waals surface area contributed by atoms with Crippen LogP contribution in [0.15, 0.2) is 29.1 Å². The fraction of sp³-hybridized carbons (Fsp3) is 0.421. The number of piperazine rings is 1. The highest BCUT2D eigenvalue weighted by atomic mass is 32.1. The Bertz CT molecular complexity index is 813. The second kappa shape index (κ2) is 7.17. The van der Waals surface area contributed by atoms with E-state index in [4.69, 9.17) is 0 Å². The molecule has 0 unspecified atom stereocenters. The molecule has 2 aliphatic rings. The fourth-order valence-corrected chi connectivity index (χ4v) is 4.25. The van der Waals surface area contributed by atoms with Gasteiger partial charge in [-0.25, -0.2) is 4.98 Å². The topological polar surface area (TPSA) is 56.8 Å². The van der Waals surface area contributed by atoms with Crippen LogP contribution in [0.1, 0.15) is 28.5 Å². The molecule has 0 bridgehead atoms. The number of fused-ring (bicyclic) bond motifs is 1. The monoisotopic (exact) mass is 370 g/mol. The van der Waals surface area contributed by atoms with Gasteiger partial charge in [0.25, 0.3) is 5.91 Å². The van der Waals surface area contributed by atoms with Crippen LogP contribution in [0.2, 0.25) is 0 Å². The predicted octanol–water partition coefficient (Wildman–Crippen LogP) is 2.01. The van der Waals surface area contributed by atoms with Crippen molar-refractivity contribution in [1.29, 1.82) is 0 Å². The minimum atomic E-state index is 0.0547. The maximum Gasteiger partial charge on any atom is 0.253 e. The summed E-state index contributed by atoms with van der Waals surface area (Å²) in [6.45, 7) is 6.35. The van der Waals surface area contributed by atoms with Crippen molar-refractivity contribution in [1.82, 2.24) is 14.8 Å². The summed E-state index contributed by atoms with van der Waals surface area (Å²) in [5.74, 6) is 0.140. The van der Waals surface area contributed by atoms with Crippen LogP contribution in [-0.4, -0.2) is 59.3 Å². The number of amides is 2. The van der Waals surface area contributed by atoms with Gasteiger partial charge in [0.2, 0.25) is 5.91 Å². The standard InChI is InChI=1S/C19H22N4O2S/c1-14(24)23-5-4-15-10-16(2-3-18(15)23)19(25)22-8-6-21(7-9-22)11-17-12-26-13-20-17/h2-3,10,12-13H,4-9,11H2,1H3. The molecule has 136 valence electrons. The number of carbonyl (C=O) groups excluding carboxylic acids is 2. The van der Waals surface area contributed by atoms with Gasteiger partial charge in [0.15, 0.2) is 0 Å². The summed E-state index contributed by atoms with van der Waals surface area (Å²) in [4.78, 5) is 34.9. The molecule has 0 saturated carbocycles. The van der Waals surface area contributed by atoms with Gasteiger partial charge in [-0.3, -0.25) is 14.5 Å². The van der Waals surface area contributed by atoms with E-state index in [0.717, 1.165) is 61.7 Å². The van der Waals surface area contributed by atoms with Crippen LogP contribution in [0.25, 0.3) is 0 Å². The van der Waals surface area contributed by atoms with Crippen molar-refractivity contribution >= 4 is 28.8 Å². The Hall–Kier alpha value is -2.25. The average Bonchev–Trinajstić information content (AvgIpc) is 3.30. The zero-order valence-electron chi connectivity index (χ0n) is 14.9. The second-order valence-electron chi connectivity index (χ2n) is 6.81. The van der Waals surface area contributed by atoms with Gasteiger partial charge in [-0.2, -0.15) is 0 Å². The first-order valence-electron chi connectivity index (χ1n) is 8.91. The predicted molar refractivity (Wildman–Crippen MR) is 101 cm³/mol. The molecular formula is C19H22N4O2S. The number of carbonyl (C=O) groups is 2. The largest absolute Gasteiger partial charge is 0.336 e. The molecule has 2 aromatic rings. The summed E-state index contributed by atoms with van der Waals surface area (Å²) in [6.07, 6.45) is 0.817. The summed E-state index contributed by atoms with van der Waals surface area (Å²) in [7, 11) is 0. The lowest BCUT2D eigenvalue weighted by molar-refractivity contribution is -0.116. The summed E-state index contributed by atoms with van der Waals surface area (Å²) in [6, 6.07) is 5.72. The molecule has 0 spiro atoms. The normalized spacial score (nSPS) is 17.4. The molecule has 0 radical (unpaired) electrons. The van der Waals surface area contributed by atoms with E-state index in [1.165, 1.54) is 0 Å². The highest BCUT2D eigenvalue weighted by Gasteiger charge is 2.26. The lowest BCUT2D eigenvalue weighted by Crippen LogP contribution is -2.48. The molecule has 0 N–H and O–H groups in total. The Morgan fingerprint density at radius 1 is 1.15 bits per heavy atom. The minimum absolute atomic E-state index is 0.0547. The quantitative estimate of drug-likeness (QED) is 0.829. The van der Waals surface area contributed by atoms with Gasteiger partial charge < -0.3 is 9.80 Å². The number of benzene rings is 1. The van der Waals surface area contributed by atoms with Gasteiger partial charge >= 0.3 is 0 Å². The molecule has 26 heavy (non-hydrogen) atoms. The molecule has 0 atom stereocenters. The molecule has 7 heteroatoms. The van der Waals surface area contributed by atoms with E-state index in [2.05, 4.69) is 15.3 Å². The molecule has 3 heterocycles. The van der Waals surface area contributed by atoms with Crippen LogP contribution in [-0.2, 0) is 17.8 Å². The number of aromatic nitrogens is 1. The number of hydrogen-bond acceptors (Lipinski definition) is 5. The lowest BCUT2D eigenvalue weighted by Gasteiger charge is -2.34. The SMILES string of the molecule is CC(=O)N1CCc2cc(C(=O)N3CCN(Cc4cscn4)CC3)ccc21. The third-order valence-electron chi connectivity index (χ3n) is 5.13. The highest BCUT2D eigenvalue weighted by molar-refractivity contribution is 7.07. The Kier molecular flexibility index (Phi) is 4.74. The summed E-state index contributed by atoms with van der Waals surface area (Å²) < 4.78 is 0. The molecule has 1 fully saturated rings. The highest BCUT2D eigenvalue weighted by Crippen LogP contribution is 2.29. The Labute approximate surface area is 157 Å². The average molecular weight is 370 g/mol. The first-order chi connectivity index (χ1) is 12.6. The molecule has 1 saturated heterocycles. The summed E-state index contributed by atoms with van der Waals surface area (Å²) in [5, 5.41) is 2.08. The zero-order chi connectivity index (χ0) is 18.1. The van der Waals surface area contributed by atoms with Crippen LogP contribution in [0.5, 0.6) is 0 Å².